The Morgan fingerprint density at radius 1 is 1.05 bits per heavy atom. The van der Waals surface area contributed by atoms with Crippen molar-refractivity contribution < 1.29 is 27.3 Å². The molecule has 1 aliphatic heterocycles. The number of pyridine rings is 1. The minimum absolute atomic E-state index is 0.00831. The van der Waals surface area contributed by atoms with E-state index in [9.17, 15) is 22.8 Å². The van der Waals surface area contributed by atoms with Gasteiger partial charge in [-0.3, -0.25) is 14.6 Å². The van der Waals surface area contributed by atoms with Crippen molar-refractivity contribution in [2.45, 2.75) is 43.7 Å². The van der Waals surface area contributed by atoms with Crippen molar-refractivity contribution in [3.8, 4) is 11.3 Å². The summed E-state index contributed by atoms with van der Waals surface area (Å²) in [6.07, 6.45) is 5.49. The molecule has 0 radical (unpaired) electrons. The van der Waals surface area contributed by atoms with E-state index in [1.165, 1.54) is 31.0 Å². The van der Waals surface area contributed by atoms with Gasteiger partial charge in [0.1, 0.15) is 23.1 Å². The topological polar surface area (TPSA) is 100 Å². The fraction of sp³-hybridized carbons (Fsp3) is 0.429. The third-order valence-electron chi connectivity index (χ3n) is 7.83. The van der Waals surface area contributed by atoms with E-state index in [2.05, 4.69) is 25.7 Å². The second-order valence-corrected chi connectivity index (χ2v) is 10.8. The zero-order valence-electron chi connectivity index (χ0n) is 21.1. The van der Waals surface area contributed by atoms with Crippen molar-refractivity contribution in [3.05, 3.63) is 71.5 Å². The molecule has 1 saturated heterocycles. The molecule has 1 aromatic carbocycles. The molecule has 39 heavy (non-hydrogen) atoms. The lowest BCUT2D eigenvalue weighted by molar-refractivity contribution is -0.128. The number of nitrogens with one attached hydrogen (secondary N) is 2. The van der Waals surface area contributed by atoms with E-state index in [1.807, 2.05) is 0 Å². The first-order valence-corrected chi connectivity index (χ1v) is 13.2. The number of nitrogens with zero attached hydrogens (tertiary/aromatic N) is 3. The zero-order valence-corrected chi connectivity index (χ0v) is 21.1. The number of piperidine rings is 1. The number of halogens is 3. The molecule has 3 aliphatic rings. The van der Waals surface area contributed by atoms with E-state index in [1.54, 1.807) is 6.07 Å². The maximum absolute atomic E-state index is 14.2. The van der Waals surface area contributed by atoms with Crippen molar-refractivity contribution in [2.75, 3.05) is 19.6 Å². The monoisotopic (exact) mass is 539 g/mol. The van der Waals surface area contributed by atoms with Crippen LogP contribution in [0.2, 0.25) is 0 Å². The Kier molecular flexibility index (Phi) is 6.62. The standard InChI is InChI=1S/C28H28F3N5O3/c29-17-3-5-19(21(31)11-17)23-12-24(39-35-23)27(38)33-22-7-10-36(14-16-1-2-16)15-20(22)26(37)34-28(8-9-28)25-6-4-18(30)13-32-25/h3-6,11-13,16,20,22H,1-2,7-10,14-15H2,(H,33,38)(H,34,37)/t20-,22-/m1/s1. The van der Waals surface area contributed by atoms with Crippen LogP contribution in [0.3, 0.4) is 0 Å². The number of carbonyl (C=O) groups is 2. The van der Waals surface area contributed by atoms with E-state index in [0.717, 1.165) is 31.4 Å². The highest BCUT2D eigenvalue weighted by Crippen LogP contribution is 2.45. The molecule has 2 saturated carbocycles. The van der Waals surface area contributed by atoms with Crippen LogP contribution in [0.5, 0.6) is 0 Å². The van der Waals surface area contributed by atoms with E-state index in [0.29, 0.717) is 37.4 Å². The summed E-state index contributed by atoms with van der Waals surface area (Å²) >= 11 is 0. The molecule has 0 bridgehead atoms. The number of benzene rings is 1. The summed E-state index contributed by atoms with van der Waals surface area (Å²) in [6.45, 7) is 2.14. The highest BCUT2D eigenvalue weighted by Gasteiger charge is 2.49. The smallest absolute Gasteiger partial charge is 0.290 e. The van der Waals surface area contributed by atoms with Crippen LogP contribution in [-0.2, 0) is 10.3 Å². The molecule has 3 heterocycles. The predicted octanol–water partition coefficient (Wildman–Crippen LogP) is 3.79. The molecule has 3 aromatic rings. The van der Waals surface area contributed by atoms with Crippen LogP contribution < -0.4 is 10.6 Å². The van der Waals surface area contributed by atoms with Gasteiger partial charge in [-0.1, -0.05) is 5.16 Å². The number of hydrogen-bond donors (Lipinski definition) is 2. The van der Waals surface area contributed by atoms with Crippen molar-refractivity contribution in [1.29, 1.82) is 0 Å². The summed E-state index contributed by atoms with van der Waals surface area (Å²) in [5, 5.41) is 9.82. The quantitative estimate of drug-likeness (QED) is 0.452. The van der Waals surface area contributed by atoms with Crippen LogP contribution in [-0.4, -0.2) is 52.5 Å². The predicted molar refractivity (Wildman–Crippen MR) is 134 cm³/mol. The molecule has 2 amide bonds. The molecule has 2 atom stereocenters. The molecule has 0 unspecified atom stereocenters. The summed E-state index contributed by atoms with van der Waals surface area (Å²) in [5.41, 5.74) is 0.0605. The Morgan fingerprint density at radius 3 is 2.54 bits per heavy atom. The fourth-order valence-electron chi connectivity index (χ4n) is 5.29. The Morgan fingerprint density at radius 2 is 1.85 bits per heavy atom. The molecule has 8 nitrogen and oxygen atoms in total. The normalized spacial score (nSPS) is 22.3. The van der Waals surface area contributed by atoms with Gasteiger partial charge in [-0.15, -0.1) is 0 Å². The van der Waals surface area contributed by atoms with Gasteiger partial charge in [0.05, 0.1) is 23.3 Å². The van der Waals surface area contributed by atoms with Crippen LogP contribution in [0.15, 0.2) is 47.1 Å². The van der Waals surface area contributed by atoms with Crippen molar-refractivity contribution in [1.82, 2.24) is 25.7 Å². The Bertz CT molecular complexity index is 1390. The van der Waals surface area contributed by atoms with E-state index >= 15 is 0 Å². The summed E-state index contributed by atoms with van der Waals surface area (Å²) < 4.78 is 46.0. The van der Waals surface area contributed by atoms with Crippen LogP contribution >= 0.6 is 0 Å². The molecule has 6 rings (SSSR count). The SMILES string of the molecule is O=C(N[C@@H]1CCN(CC2CC2)C[C@H]1C(=O)NC1(c2ccc(F)cn2)CC1)c1cc(-c2ccc(F)cc2F)no1. The first kappa shape index (κ1) is 25.5. The van der Waals surface area contributed by atoms with Gasteiger partial charge >= 0.3 is 0 Å². The summed E-state index contributed by atoms with van der Waals surface area (Å²) in [6, 6.07) is 6.80. The van der Waals surface area contributed by atoms with Gasteiger partial charge in [0.25, 0.3) is 5.91 Å². The largest absolute Gasteiger partial charge is 0.350 e. The number of carbonyl (C=O) groups excluding carboxylic acids is 2. The molecule has 2 aromatic heterocycles. The maximum Gasteiger partial charge on any atom is 0.290 e. The van der Waals surface area contributed by atoms with Crippen LogP contribution in [0.4, 0.5) is 13.2 Å². The third kappa shape index (κ3) is 5.54. The van der Waals surface area contributed by atoms with Crippen LogP contribution in [0, 0.1) is 29.3 Å². The Hall–Kier alpha value is -3.73. The molecule has 2 aliphatic carbocycles. The zero-order chi connectivity index (χ0) is 27.1. The molecular formula is C28H28F3N5O3. The number of amides is 2. The highest BCUT2D eigenvalue weighted by molar-refractivity contribution is 5.93. The van der Waals surface area contributed by atoms with Crippen molar-refractivity contribution >= 4 is 11.8 Å². The molecular weight excluding hydrogens is 511 g/mol. The lowest BCUT2D eigenvalue weighted by Crippen LogP contribution is -2.57. The van der Waals surface area contributed by atoms with Gasteiger partial charge in [-0.2, -0.15) is 0 Å². The second-order valence-electron chi connectivity index (χ2n) is 10.8. The maximum atomic E-state index is 14.2. The van der Waals surface area contributed by atoms with Gasteiger partial charge < -0.3 is 20.1 Å². The van der Waals surface area contributed by atoms with Gasteiger partial charge in [-0.25, -0.2) is 13.2 Å². The average molecular weight is 540 g/mol. The van der Waals surface area contributed by atoms with Crippen LogP contribution in [0.25, 0.3) is 11.3 Å². The van der Waals surface area contributed by atoms with Gasteiger partial charge in [0, 0.05) is 43.4 Å². The first-order valence-electron chi connectivity index (χ1n) is 13.2. The van der Waals surface area contributed by atoms with Gasteiger partial charge in [-0.05, 0) is 62.3 Å². The lowest BCUT2D eigenvalue weighted by atomic mass is 9.90. The second kappa shape index (κ2) is 10.1. The fourth-order valence-corrected chi connectivity index (χ4v) is 5.29. The summed E-state index contributed by atoms with van der Waals surface area (Å²) in [7, 11) is 0. The lowest BCUT2D eigenvalue weighted by Gasteiger charge is -2.38. The Balaban J connectivity index is 1.17. The minimum Gasteiger partial charge on any atom is -0.350 e. The van der Waals surface area contributed by atoms with Crippen LogP contribution in [0.1, 0.15) is 48.4 Å². The Labute approximate surface area is 223 Å². The number of aromatic nitrogens is 2. The molecule has 2 N–H and O–H groups in total. The van der Waals surface area contributed by atoms with Crippen molar-refractivity contribution in [3.63, 3.8) is 0 Å². The average Bonchev–Trinajstić information content (AvgIpc) is 3.84. The minimum atomic E-state index is -0.820. The number of hydrogen-bond acceptors (Lipinski definition) is 6. The van der Waals surface area contributed by atoms with E-state index < -0.39 is 40.9 Å². The van der Waals surface area contributed by atoms with E-state index in [4.69, 9.17) is 4.52 Å². The molecule has 11 heteroatoms. The first-order chi connectivity index (χ1) is 18.8. The number of likely N-dealkylation sites (tertiary alicyclic amines) is 1. The van der Waals surface area contributed by atoms with E-state index in [-0.39, 0.29) is 22.9 Å². The molecule has 204 valence electrons. The number of rotatable bonds is 8. The third-order valence-corrected chi connectivity index (χ3v) is 7.83. The highest BCUT2D eigenvalue weighted by atomic mass is 19.1. The van der Waals surface area contributed by atoms with Crippen molar-refractivity contribution in [2.24, 2.45) is 11.8 Å². The summed E-state index contributed by atoms with van der Waals surface area (Å²) in [5.74, 6) is -2.77. The summed E-state index contributed by atoms with van der Waals surface area (Å²) in [4.78, 5) is 33.2. The van der Waals surface area contributed by atoms with Gasteiger partial charge in [0.15, 0.2) is 0 Å². The molecule has 3 fully saturated rings. The van der Waals surface area contributed by atoms with Gasteiger partial charge in [0.2, 0.25) is 11.7 Å². The molecule has 0 spiro atoms.